The van der Waals surface area contributed by atoms with Crippen molar-refractivity contribution in [2.45, 2.75) is 0 Å². The Labute approximate surface area is 185 Å². The molecule has 2 aromatic carbocycles. The number of pyridine rings is 1. The van der Waals surface area contributed by atoms with Crippen LogP contribution in [0.5, 0.6) is 23.0 Å². The molecule has 2 N–H and O–H groups in total. The molecule has 0 atom stereocenters. The Kier molecular flexibility index (Phi) is 6.07. The van der Waals surface area contributed by atoms with Gasteiger partial charge in [-0.15, -0.1) is 0 Å². The third-order valence-corrected chi connectivity index (χ3v) is 4.74. The van der Waals surface area contributed by atoms with Gasteiger partial charge in [-0.05, 0) is 30.3 Å². The zero-order valence-electron chi connectivity index (χ0n) is 18.2. The Balaban J connectivity index is 1.57. The van der Waals surface area contributed by atoms with Gasteiger partial charge >= 0.3 is 0 Å². The molecule has 0 saturated heterocycles. The summed E-state index contributed by atoms with van der Waals surface area (Å²) in [5.74, 6) is 3.36. The first-order valence-corrected chi connectivity index (χ1v) is 9.74. The van der Waals surface area contributed by atoms with Crippen LogP contribution in [-0.2, 0) is 0 Å². The van der Waals surface area contributed by atoms with Crippen LogP contribution in [0.4, 0.5) is 23.1 Å². The van der Waals surface area contributed by atoms with Crippen molar-refractivity contribution in [2.75, 3.05) is 39.1 Å². The lowest BCUT2D eigenvalue weighted by Crippen LogP contribution is -2.02. The molecule has 4 rings (SSSR count). The normalized spacial score (nSPS) is 10.5. The molecular formula is C23H23N5O4. The molecule has 0 bridgehead atoms. The highest BCUT2D eigenvalue weighted by Gasteiger charge is 2.14. The summed E-state index contributed by atoms with van der Waals surface area (Å²) < 4.78 is 21.5. The van der Waals surface area contributed by atoms with Crippen molar-refractivity contribution in [3.8, 4) is 23.0 Å². The van der Waals surface area contributed by atoms with Gasteiger partial charge in [-0.1, -0.05) is 0 Å². The quantitative estimate of drug-likeness (QED) is 0.415. The van der Waals surface area contributed by atoms with Crippen molar-refractivity contribution in [3.63, 3.8) is 0 Å². The van der Waals surface area contributed by atoms with Gasteiger partial charge in [0.1, 0.15) is 11.6 Å². The van der Waals surface area contributed by atoms with E-state index in [1.54, 1.807) is 59.0 Å². The standard InChI is InChI=1S/C23H23N5O4/c1-29-17-5-6-18-14(10-17)9-16(13-25-18)26-21-7-8-24-23(28-21)27-15-11-19(30-2)22(32-4)20(12-15)31-3/h5-13H,1-4H3,(H2,24,26,27,28). The Hall–Kier alpha value is -4.27. The molecule has 0 saturated carbocycles. The Morgan fingerprint density at radius 1 is 0.719 bits per heavy atom. The lowest BCUT2D eigenvalue weighted by atomic mass is 10.2. The molecule has 0 aliphatic heterocycles. The van der Waals surface area contributed by atoms with Gasteiger partial charge in [-0.3, -0.25) is 4.98 Å². The fourth-order valence-electron chi connectivity index (χ4n) is 3.22. The molecule has 32 heavy (non-hydrogen) atoms. The molecule has 9 heteroatoms. The van der Waals surface area contributed by atoms with Gasteiger partial charge in [0.25, 0.3) is 0 Å². The monoisotopic (exact) mass is 433 g/mol. The number of nitrogens with zero attached hydrogens (tertiary/aromatic N) is 3. The Morgan fingerprint density at radius 3 is 2.19 bits per heavy atom. The molecule has 0 unspecified atom stereocenters. The second-order valence-electron chi connectivity index (χ2n) is 6.71. The van der Waals surface area contributed by atoms with Gasteiger partial charge < -0.3 is 29.6 Å². The highest BCUT2D eigenvalue weighted by molar-refractivity contribution is 5.83. The highest BCUT2D eigenvalue weighted by atomic mass is 16.5. The summed E-state index contributed by atoms with van der Waals surface area (Å²) in [6, 6.07) is 13.1. The number of methoxy groups -OCH3 is 4. The topological polar surface area (TPSA) is 99.7 Å². The number of hydrogen-bond acceptors (Lipinski definition) is 9. The first-order chi connectivity index (χ1) is 15.6. The summed E-state index contributed by atoms with van der Waals surface area (Å²) in [5, 5.41) is 7.38. The lowest BCUT2D eigenvalue weighted by Gasteiger charge is -2.15. The number of aromatic nitrogens is 3. The van der Waals surface area contributed by atoms with Crippen LogP contribution in [0.15, 0.2) is 54.9 Å². The maximum Gasteiger partial charge on any atom is 0.229 e. The summed E-state index contributed by atoms with van der Waals surface area (Å²) >= 11 is 0. The van der Waals surface area contributed by atoms with E-state index in [9.17, 15) is 0 Å². The van der Waals surface area contributed by atoms with Crippen molar-refractivity contribution < 1.29 is 18.9 Å². The smallest absolute Gasteiger partial charge is 0.229 e. The van der Waals surface area contributed by atoms with E-state index in [1.165, 1.54) is 0 Å². The maximum atomic E-state index is 5.40. The van der Waals surface area contributed by atoms with Crippen LogP contribution in [0.3, 0.4) is 0 Å². The maximum absolute atomic E-state index is 5.40. The lowest BCUT2D eigenvalue weighted by molar-refractivity contribution is 0.324. The van der Waals surface area contributed by atoms with Crippen molar-refractivity contribution in [2.24, 2.45) is 0 Å². The van der Waals surface area contributed by atoms with Crippen LogP contribution in [0.2, 0.25) is 0 Å². The minimum absolute atomic E-state index is 0.402. The number of benzene rings is 2. The van der Waals surface area contributed by atoms with E-state index >= 15 is 0 Å². The van der Waals surface area contributed by atoms with Crippen molar-refractivity contribution >= 4 is 34.0 Å². The second-order valence-corrected chi connectivity index (χ2v) is 6.71. The number of rotatable bonds is 8. The third kappa shape index (κ3) is 4.41. The summed E-state index contributed by atoms with van der Waals surface area (Å²) in [7, 11) is 6.33. The Morgan fingerprint density at radius 2 is 1.50 bits per heavy atom. The fourth-order valence-corrected chi connectivity index (χ4v) is 3.22. The van der Waals surface area contributed by atoms with Crippen LogP contribution in [0.25, 0.3) is 10.9 Å². The summed E-state index contributed by atoms with van der Waals surface area (Å²) in [4.78, 5) is 13.3. The van der Waals surface area contributed by atoms with Crippen LogP contribution in [0.1, 0.15) is 0 Å². The third-order valence-electron chi connectivity index (χ3n) is 4.74. The summed E-state index contributed by atoms with van der Waals surface area (Å²) in [6.07, 6.45) is 3.41. The summed E-state index contributed by atoms with van der Waals surface area (Å²) in [6.45, 7) is 0. The largest absolute Gasteiger partial charge is 0.497 e. The minimum atomic E-state index is 0.402. The van der Waals surface area contributed by atoms with Crippen molar-refractivity contribution in [1.29, 1.82) is 0 Å². The van der Waals surface area contributed by atoms with Gasteiger partial charge in [0.05, 0.1) is 45.8 Å². The van der Waals surface area contributed by atoms with Crippen molar-refractivity contribution in [1.82, 2.24) is 15.0 Å². The van der Waals surface area contributed by atoms with E-state index < -0.39 is 0 Å². The molecule has 164 valence electrons. The van der Waals surface area contributed by atoms with Crippen LogP contribution in [-0.4, -0.2) is 43.4 Å². The second kappa shape index (κ2) is 9.25. The first kappa shape index (κ1) is 21.0. The molecule has 0 fully saturated rings. The molecule has 0 aliphatic rings. The molecular weight excluding hydrogens is 410 g/mol. The Bertz CT molecular complexity index is 1220. The van der Waals surface area contributed by atoms with Crippen LogP contribution < -0.4 is 29.6 Å². The zero-order valence-corrected chi connectivity index (χ0v) is 18.2. The number of nitrogens with one attached hydrogen (secondary N) is 2. The number of hydrogen-bond donors (Lipinski definition) is 2. The average molecular weight is 433 g/mol. The minimum Gasteiger partial charge on any atom is -0.497 e. The van der Waals surface area contributed by atoms with E-state index in [1.807, 2.05) is 24.3 Å². The number of fused-ring (bicyclic) bond motifs is 1. The molecule has 0 amide bonds. The number of ether oxygens (including phenoxy) is 4. The van der Waals surface area contributed by atoms with E-state index in [2.05, 4.69) is 25.6 Å². The molecule has 0 spiro atoms. The molecule has 0 aliphatic carbocycles. The molecule has 0 radical (unpaired) electrons. The number of anilines is 4. The SMILES string of the molecule is COc1ccc2ncc(Nc3ccnc(Nc4cc(OC)c(OC)c(OC)c4)n3)cc2c1. The van der Waals surface area contributed by atoms with E-state index in [0.29, 0.717) is 34.7 Å². The predicted molar refractivity (Wildman–Crippen MR) is 123 cm³/mol. The van der Waals surface area contributed by atoms with Gasteiger partial charge in [-0.2, -0.15) is 4.98 Å². The van der Waals surface area contributed by atoms with Gasteiger partial charge in [0.15, 0.2) is 11.5 Å². The van der Waals surface area contributed by atoms with Crippen LogP contribution >= 0.6 is 0 Å². The molecule has 4 aromatic rings. The van der Waals surface area contributed by atoms with E-state index in [4.69, 9.17) is 18.9 Å². The molecule has 2 aromatic heterocycles. The van der Waals surface area contributed by atoms with Gasteiger partial charge in [0.2, 0.25) is 11.7 Å². The van der Waals surface area contributed by atoms with Gasteiger partial charge in [-0.25, -0.2) is 4.98 Å². The van der Waals surface area contributed by atoms with E-state index in [-0.39, 0.29) is 0 Å². The molecule has 2 heterocycles. The van der Waals surface area contributed by atoms with Crippen molar-refractivity contribution in [3.05, 3.63) is 54.9 Å². The molecule has 9 nitrogen and oxygen atoms in total. The first-order valence-electron chi connectivity index (χ1n) is 9.74. The van der Waals surface area contributed by atoms with Gasteiger partial charge in [0, 0.05) is 29.4 Å². The summed E-state index contributed by atoms with van der Waals surface area (Å²) in [5.41, 5.74) is 2.36. The fraction of sp³-hybridized carbons (Fsp3) is 0.174. The highest BCUT2D eigenvalue weighted by Crippen LogP contribution is 2.40. The van der Waals surface area contributed by atoms with E-state index in [0.717, 1.165) is 22.3 Å². The van der Waals surface area contributed by atoms with Crippen LogP contribution in [0, 0.1) is 0 Å². The average Bonchev–Trinajstić information content (AvgIpc) is 2.83. The predicted octanol–water partition coefficient (Wildman–Crippen LogP) is 4.55. The zero-order chi connectivity index (χ0) is 22.5.